The molecule has 1 aliphatic heterocycles. The van der Waals surface area contributed by atoms with Crippen LogP contribution in [0.1, 0.15) is 22.8 Å². The summed E-state index contributed by atoms with van der Waals surface area (Å²) in [6.07, 6.45) is 1.45. The highest BCUT2D eigenvalue weighted by molar-refractivity contribution is 6.31. The molecule has 1 heterocycles. The molecule has 0 saturated carbocycles. The number of anilines is 1. The van der Waals surface area contributed by atoms with Crippen LogP contribution in [0.25, 0.3) is 6.08 Å². The Bertz CT molecular complexity index is 1380. The summed E-state index contributed by atoms with van der Waals surface area (Å²) in [6.45, 7) is 2.07. The van der Waals surface area contributed by atoms with E-state index >= 15 is 0 Å². The number of rotatable bonds is 9. The van der Waals surface area contributed by atoms with Gasteiger partial charge in [-0.2, -0.15) is 0 Å². The average Bonchev–Trinajstić information content (AvgIpc) is 3.22. The van der Waals surface area contributed by atoms with Crippen molar-refractivity contribution >= 4 is 29.5 Å². The number of carbonyl (C=O) groups excluding carboxylic acids is 3. The Morgan fingerprint density at radius 2 is 1.55 bits per heavy atom. The predicted octanol–water partition coefficient (Wildman–Crippen LogP) is 3.79. The molecule has 1 N–H and O–H groups in total. The number of ether oxygens (including phenoxy) is 5. The molecule has 1 saturated heterocycles. The molecule has 3 aromatic carbocycles. The number of nitrogens with zero attached hydrogens (tertiary/aromatic N) is 1. The van der Waals surface area contributed by atoms with Gasteiger partial charge in [0.05, 0.1) is 39.2 Å². The van der Waals surface area contributed by atoms with Crippen molar-refractivity contribution < 1.29 is 38.1 Å². The zero-order valence-electron chi connectivity index (χ0n) is 21.3. The maximum atomic E-state index is 13.0. The monoisotopic (exact) mass is 518 g/mol. The molecule has 2 amide bonds. The quantitative estimate of drug-likeness (QED) is 0.197. The number of esters is 1. The Morgan fingerprint density at radius 3 is 2.16 bits per heavy atom. The minimum absolute atomic E-state index is 0.0431. The topological polar surface area (TPSA) is 113 Å². The van der Waals surface area contributed by atoms with Crippen LogP contribution in [0.2, 0.25) is 0 Å². The van der Waals surface area contributed by atoms with E-state index in [1.54, 1.807) is 43.3 Å². The van der Waals surface area contributed by atoms with Gasteiger partial charge in [0.15, 0.2) is 23.0 Å². The standard InChI is InChI=1S/C28H26N2O8/c1-5-37-22-14-17(13-20-26(31)29-30(27(20)32)19-9-7-6-8-10-19)11-12-21(22)38-28(33)18-15-23(34-2)25(36-4)24(16-18)35-3/h6-16H,5H2,1-4H3,(H,29,31)/b20-13-. The second-order valence-corrected chi connectivity index (χ2v) is 7.92. The van der Waals surface area contributed by atoms with E-state index in [1.165, 1.54) is 50.6 Å². The first-order chi connectivity index (χ1) is 18.4. The molecule has 0 aliphatic carbocycles. The smallest absolute Gasteiger partial charge is 0.343 e. The molecule has 0 unspecified atom stereocenters. The van der Waals surface area contributed by atoms with Crippen LogP contribution in [-0.4, -0.2) is 45.7 Å². The number of amides is 2. The number of hydrogen-bond donors (Lipinski definition) is 1. The lowest BCUT2D eigenvalue weighted by molar-refractivity contribution is -0.117. The molecule has 0 radical (unpaired) electrons. The molecular formula is C28H26N2O8. The summed E-state index contributed by atoms with van der Waals surface area (Å²) < 4.78 is 27.2. The van der Waals surface area contributed by atoms with E-state index in [2.05, 4.69) is 5.43 Å². The van der Waals surface area contributed by atoms with Crippen molar-refractivity contribution in [2.45, 2.75) is 6.92 Å². The van der Waals surface area contributed by atoms with Gasteiger partial charge in [0.25, 0.3) is 11.8 Å². The largest absolute Gasteiger partial charge is 0.493 e. The van der Waals surface area contributed by atoms with Crippen LogP contribution >= 0.6 is 0 Å². The Balaban J connectivity index is 1.61. The molecule has 196 valence electrons. The van der Waals surface area contributed by atoms with Gasteiger partial charge in [-0.15, -0.1) is 0 Å². The summed E-state index contributed by atoms with van der Waals surface area (Å²) in [7, 11) is 4.36. The summed E-state index contributed by atoms with van der Waals surface area (Å²) >= 11 is 0. The molecule has 10 heteroatoms. The number of methoxy groups -OCH3 is 3. The van der Waals surface area contributed by atoms with E-state index in [9.17, 15) is 14.4 Å². The van der Waals surface area contributed by atoms with Crippen LogP contribution in [-0.2, 0) is 9.59 Å². The van der Waals surface area contributed by atoms with Gasteiger partial charge >= 0.3 is 5.97 Å². The molecule has 1 aliphatic rings. The summed E-state index contributed by atoms with van der Waals surface area (Å²) in [5.74, 6) is -0.346. The zero-order chi connectivity index (χ0) is 27.2. The van der Waals surface area contributed by atoms with Crippen LogP contribution in [0.5, 0.6) is 28.7 Å². The molecule has 38 heavy (non-hydrogen) atoms. The van der Waals surface area contributed by atoms with Crippen molar-refractivity contribution in [1.29, 1.82) is 0 Å². The number of benzene rings is 3. The predicted molar refractivity (Wildman–Crippen MR) is 139 cm³/mol. The summed E-state index contributed by atoms with van der Waals surface area (Å²) in [6, 6.07) is 16.5. The maximum absolute atomic E-state index is 13.0. The van der Waals surface area contributed by atoms with E-state index in [1.807, 2.05) is 6.07 Å². The van der Waals surface area contributed by atoms with Crippen molar-refractivity contribution in [2.24, 2.45) is 0 Å². The van der Waals surface area contributed by atoms with Crippen LogP contribution in [0.15, 0.2) is 66.2 Å². The van der Waals surface area contributed by atoms with Gasteiger partial charge in [-0.25, -0.2) is 9.80 Å². The van der Waals surface area contributed by atoms with Crippen LogP contribution in [0.3, 0.4) is 0 Å². The first-order valence-corrected chi connectivity index (χ1v) is 11.6. The second-order valence-electron chi connectivity index (χ2n) is 7.92. The van der Waals surface area contributed by atoms with E-state index in [0.717, 1.165) is 0 Å². The minimum atomic E-state index is -0.680. The fourth-order valence-corrected chi connectivity index (χ4v) is 3.81. The second kappa shape index (κ2) is 11.4. The zero-order valence-corrected chi connectivity index (χ0v) is 21.3. The SMILES string of the molecule is CCOc1cc(/C=C2/C(=O)NN(c3ccccc3)C2=O)ccc1OC(=O)c1cc(OC)c(OC)c(OC)c1. The Kier molecular flexibility index (Phi) is 7.81. The van der Waals surface area contributed by atoms with Gasteiger partial charge in [-0.3, -0.25) is 15.0 Å². The van der Waals surface area contributed by atoms with Gasteiger partial charge in [0, 0.05) is 0 Å². The lowest BCUT2D eigenvalue weighted by Crippen LogP contribution is -2.35. The van der Waals surface area contributed by atoms with Gasteiger partial charge in [-0.1, -0.05) is 24.3 Å². The molecule has 0 bridgehead atoms. The third kappa shape index (κ3) is 5.24. The number of hydrogen-bond acceptors (Lipinski definition) is 8. The molecule has 0 aromatic heterocycles. The first-order valence-electron chi connectivity index (χ1n) is 11.6. The van der Waals surface area contributed by atoms with Gasteiger partial charge in [0.2, 0.25) is 5.75 Å². The molecule has 0 spiro atoms. The normalized spacial score (nSPS) is 13.8. The third-order valence-electron chi connectivity index (χ3n) is 5.59. The maximum Gasteiger partial charge on any atom is 0.343 e. The fraction of sp³-hybridized carbons (Fsp3) is 0.179. The van der Waals surface area contributed by atoms with Crippen molar-refractivity contribution in [3.8, 4) is 28.7 Å². The van der Waals surface area contributed by atoms with Crippen LogP contribution in [0, 0.1) is 0 Å². The van der Waals surface area contributed by atoms with Crippen molar-refractivity contribution in [2.75, 3.05) is 32.9 Å². The lowest BCUT2D eigenvalue weighted by atomic mass is 10.1. The van der Waals surface area contributed by atoms with E-state index in [-0.39, 0.29) is 29.2 Å². The fourth-order valence-electron chi connectivity index (χ4n) is 3.81. The highest BCUT2D eigenvalue weighted by Crippen LogP contribution is 2.39. The number of nitrogens with one attached hydrogen (secondary N) is 1. The van der Waals surface area contributed by atoms with Gasteiger partial charge < -0.3 is 23.7 Å². The van der Waals surface area contributed by atoms with E-state index < -0.39 is 17.8 Å². The van der Waals surface area contributed by atoms with Crippen LogP contribution < -0.4 is 34.1 Å². The molecule has 4 rings (SSSR count). The Hall–Kier alpha value is -4.99. The van der Waals surface area contributed by atoms with Gasteiger partial charge in [0.1, 0.15) is 5.57 Å². The van der Waals surface area contributed by atoms with Crippen molar-refractivity contribution in [3.05, 3.63) is 77.4 Å². The molecule has 10 nitrogen and oxygen atoms in total. The molecular weight excluding hydrogens is 492 g/mol. The third-order valence-corrected chi connectivity index (χ3v) is 5.59. The summed E-state index contributed by atoms with van der Waals surface area (Å²) in [5, 5.41) is 1.19. The highest BCUT2D eigenvalue weighted by atomic mass is 16.6. The van der Waals surface area contributed by atoms with Crippen LogP contribution in [0.4, 0.5) is 5.69 Å². The minimum Gasteiger partial charge on any atom is -0.493 e. The Morgan fingerprint density at radius 1 is 0.868 bits per heavy atom. The van der Waals surface area contributed by atoms with Crippen molar-refractivity contribution in [1.82, 2.24) is 5.43 Å². The summed E-state index contributed by atoms with van der Waals surface area (Å²) in [5.41, 5.74) is 3.73. The molecule has 1 fully saturated rings. The number of hydrazine groups is 1. The number of para-hydroxylation sites is 1. The Labute approximate surface area is 219 Å². The van der Waals surface area contributed by atoms with E-state index in [0.29, 0.717) is 28.5 Å². The summed E-state index contributed by atoms with van der Waals surface area (Å²) in [4.78, 5) is 38.4. The van der Waals surface area contributed by atoms with E-state index in [4.69, 9.17) is 23.7 Å². The molecule has 3 aromatic rings. The molecule has 0 atom stereocenters. The average molecular weight is 519 g/mol. The van der Waals surface area contributed by atoms with Gasteiger partial charge in [-0.05, 0) is 55.0 Å². The highest BCUT2D eigenvalue weighted by Gasteiger charge is 2.34. The lowest BCUT2D eigenvalue weighted by Gasteiger charge is -2.15. The van der Waals surface area contributed by atoms with Crippen molar-refractivity contribution in [3.63, 3.8) is 0 Å². The number of carbonyl (C=O) groups is 3. The first kappa shape index (κ1) is 26.1.